The van der Waals surface area contributed by atoms with E-state index in [1.807, 2.05) is 13.0 Å². The molecular weight excluding hydrogens is 233 g/mol. The first-order valence-electron chi connectivity index (χ1n) is 5.64. The molecule has 1 unspecified atom stereocenters. The highest BCUT2D eigenvalue weighted by Crippen LogP contribution is 2.28. The summed E-state index contributed by atoms with van der Waals surface area (Å²) in [5.74, 6) is 1.07. The van der Waals surface area contributed by atoms with Crippen LogP contribution in [0, 0.1) is 12.7 Å². The summed E-state index contributed by atoms with van der Waals surface area (Å²) in [5, 5.41) is 0.710. The molecular formula is C14H12FNO2. The minimum Gasteiger partial charge on any atom is -0.469 e. The third-order valence-corrected chi connectivity index (χ3v) is 3.04. The van der Waals surface area contributed by atoms with Crippen molar-refractivity contribution >= 4 is 11.0 Å². The van der Waals surface area contributed by atoms with Gasteiger partial charge >= 0.3 is 0 Å². The SMILES string of the molecule is Cc1occc1C(N)c1cc2cc(F)ccc2o1. The van der Waals surface area contributed by atoms with E-state index in [1.165, 1.54) is 12.1 Å². The third-order valence-electron chi connectivity index (χ3n) is 3.04. The molecule has 2 heterocycles. The van der Waals surface area contributed by atoms with Gasteiger partial charge in [-0.2, -0.15) is 0 Å². The van der Waals surface area contributed by atoms with Crippen molar-refractivity contribution < 1.29 is 13.2 Å². The summed E-state index contributed by atoms with van der Waals surface area (Å²) in [4.78, 5) is 0. The Hall–Kier alpha value is -2.07. The second-order valence-corrected chi connectivity index (χ2v) is 4.24. The number of aryl methyl sites for hydroxylation is 1. The molecule has 18 heavy (non-hydrogen) atoms. The number of hydrogen-bond acceptors (Lipinski definition) is 3. The molecule has 0 saturated heterocycles. The van der Waals surface area contributed by atoms with Gasteiger partial charge < -0.3 is 14.6 Å². The number of benzene rings is 1. The van der Waals surface area contributed by atoms with Crippen molar-refractivity contribution in [2.45, 2.75) is 13.0 Å². The summed E-state index contributed by atoms with van der Waals surface area (Å²) in [6, 6.07) is 7.56. The topological polar surface area (TPSA) is 52.3 Å². The number of furan rings is 2. The largest absolute Gasteiger partial charge is 0.469 e. The van der Waals surface area contributed by atoms with Gasteiger partial charge in [0.2, 0.25) is 0 Å². The highest BCUT2D eigenvalue weighted by atomic mass is 19.1. The van der Waals surface area contributed by atoms with Gasteiger partial charge in [-0.3, -0.25) is 0 Å². The van der Waals surface area contributed by atoms with Crippen molar-refractivity contribution in [2.24, 2.45) is 5.73 Å². The van der Waals surface area contributed by atoms with Crippen LogP contribution >= 0.6 is 0 Å². The van der Waals surface area contributed by atoms with Crippen molar-refractivity contribution in [3.63, 3.8) is 0 Å². The zero-order valence-electron chi connectivity index (χ0n) is 9.81. The molecule has 1 atom stereocenters. The molecule has 4 heteroatoms. The fraction of sp³-hybridized carbons (Fsp3) is 0.143. The van der Waals surface area contributed by atoms with Crippen LogP contribution < -0.4 is 5.73 Å². The number of rotatable bonds is 2. The monoisotopic (exact) mass is 245 g/mol. The highest BCUT2D eigenvalue weighted by molar-refractivity contribution is 5.78. The van der Waals surface area contributed by atoms with Gasteiger partial charge in [0.05, 0.1) is 12.3 Å². The molecule has 3 nitrogen and oxygen atoms in total. The average Bonchev–Trinajstić information content (AvgIpc) is 2.93. The van der Waals surface area contributed by atoms with Crippen LogP contribution in [0.2, 0.25) is 0 Å². The normalized spacial score (nSPS) is 13.1. The fourth-order valence-corrected chi connectivity index (χ4v) is 2.06. The summed E-state index contributed by atoms with van der Waals surface area (Å²) in [6.45, 7) is 1.84. The first kappa shape index (κ1) is 11.0. The zero-order valence-corrected chi connectivity index (χ0v) is 9.81. The Morgan fingerprint density at radius 3 is 2.78 bits per heavy atom. The molecule has 0 radical (unpaired) electrons. The molecule has 3 aromatic rings. The van der Waals surface area contributed by atoms with E-state index in [0.29, 0.717) is 16.7 Å². The maximum atomic E-state index is 13.1. The van der Waals surface area contributed by atoms with Gasteiger partial charge in [0, 0.05) is 10.9 Å². The first-order valence-corrected chi connectivity index (χ1v) is 5.64. The molecule has 0 spiro atoms. The minimum absolute atomic E-state index is 0.289. The average molecular weight is 245 g/mol. The second kappa shape index (κ2) is 3.99. The highest BCUT2D eigenvalue weighted by Gasteiger charge is 2.17. The predicted molar refractivity (Wildman–Crippen MR) is 65.6 cm³/mol. The maximum Gasteiger partial charge on any atom is 0.134 e. The van der Waals surface area contributed by atoms with E-state index in [9.17, 15) is 4.39 Å². The molecule has 0 fully saturated rings. The molecule has 1 aromatic carbocycles. The van der Waals surface area contributed by atoms with Gasteiger partial charge in [0.25, 0.3) is 0 Å². The third kappa shape index (κ3) is 1.71. The van der Waals surface area contributed by atoms with Crippen LogP contribution in [0.1, 0.15) is 23.1 Å². The number of halogens is 1. The summed E-state index contributed by atoms with van der Waals surface area (Å²) < 4.78 is 23.9. The molecule has 3 rings (SSSR count). The molecule has 0 amide bonds. The lowest BCUT2D eigenvalue weighted by molar-refractivity contribution is 0.504. The summed E-state index contributed by atoms with van der Waals surface area (Å²) >= 11 is 0. The zero-order chi connectivity index (χ0) is 12.7. The van der Waals surface area contributed by atoms with Gasteiger partial charge in [-0.25, -0.2) is 4.39 Å². The molecule has 0 aliphatic carbocycles. The Labute approximate surface area is 103 Å². The Bertz CT molecular complexity index is 699. The molecule has 2 N–H and O–H groups in total. The van der Waals surface area contributed by atoms with Gasteiger partial charge in [-0.05, 0) is 37.3 Å². The van der Waals surface area contributed by atoms with E-state index in [-0.39, 0.29) is 5.82 Å². The standard InChI is InChI=1S/C14H12FNO2/c1-8-11(4-5-17-8)14(16)13-7-9-6-10(15)2-3-12(9)18-13/h2-7,14H,16H2,1H3. The van der Waals surface area contributed by atoms with Gasteiger partial charge in [-0.1, -0.05) is 0 Å². The Morgan fingerprint density at radius 2 is 2.06 bits per heavy atom. The van der Waals surface area contributed by atoms with E-state index in [4.69, 9.17) is 14.6 Å². The van der Waals surface area contributed by atoms with Crippen LogP contribution in [-0.2, 0) is 0 Å². The summed E-state index contributed by atoms with van der Waals surface area (Å²) in [7, 11) is 0. The van der Waals surface area contributed by atoms with Crippen molar-refractivity contribution in [3.05, 3.63) is 59.5 Å². The molecule has 0 aliphatic rings. The molecule has 92 valence electrons. The lowest BCUT2D eigenvalue weighted by atomic mass is 10.1. The van der Waals surface area contributed by atoms with Crippen LogP contribution in [0.3, 0.4) is 0 Å². The smallest absolute Gasteiger partial charge is 0.134 e. The van der Waals surface area contributed by atoms with Crippen molar-refractivity contribution in [2.75, 3.05) is 0 Å². The van der Waals surface area contributed by atoms with Crippen LogP contribution in [0.4, 0.5) is 4.39 Å². The van der Waals surface area contributed by atoms with Crippen LogP contribution in [0.25, 0.3) is 11.0 Å². The molecule has 0 aliphatic heterocycles. The van der Waals surface area contributed by atoms with Gasteiger partial charge in [-0.15, -0.1) is 0 Å². The predicted octanol–water partition coefficient (Wildman–Crippen LogP) is 3.52. The van der Waals surface area contributed by atoms with E-state index >= 15 is 0 Å². The van der Waals surface area contributed by atoms with Crippen LogP contribution in [-0.4, -0.2) is 0 Å². The maximum absolute atomic E-state index is 13.1. The van der Waals surface area contributed by atoms with Gasteiger partial charge in [0.1, 0.15) is 22.9 Å². The fourth-order valence-electron chi connectivity index (χ4n) is 2.06. The molecule has 0 saturated carbocycles. The Kier molecular flexibility index (Phi) is 2.45. The van der Waals surface area contributed by atoms with E-state index in [0.717, 1.165) is 11.3 Å². The molecule has 0 bridgehead atoms. The van der Waals surface area contributed by atoms with E-state index in [1.54, 1.807) is 18.4 Å². The van der Waals surface area contributed by atoms with Crippen LogP contribution in [0.5, 0.6) is 0 Å². The lowest BCUT2D eigenvalue weighted by Gasteiger charge is -2.06. The quantitative estimate of drug-likeness (QED) is 0.751. The molecule has 2 aromatic heterocycles. The number of nitrogens with two attached hydrogens (primary N) is 1. The van der Waals surface area contributed by atoms with Crippen molar-refractivity contribution in [1.82, 2.24) is 0 Å². The van der Waals surface area contributed by atoms with E-state index in [2.05, 4.69) is 0 Å². The summed E-state index contributed by atoms with van der Waals surface area (Å²) in [6.07, 6.45) is 1.59. The number of fused-ring (bicyclic) bond motifs is 1. The van der Waals surface area contributed by atoms with Crippen molar-refractivity contribution in [3.8, 4) is 0 Å². The second-order valence-electron chi connectivity index (χ2n) is 4.24. The lowest BCUT2D eigenvalue weighted by Crippen LogP contribution is -2.10. The van der Waals surface area contributed by atoms with Crippen LogP contribution in [0.15, 0.2) is 45.4 Å². The minimum atomic E-state index is -0.404. The van der Waals surface area contributed by atoms with E-state index < -0.39 is 6.04 Å². The Morgan fingerprint density at radius 1 is 1.22 bits per heavy atom. The first-order chi connectivity index (χ1) is 8.65. The van der Waals surface area contributed by atoms with Gasteiger partial charge in [0.15, 0.2) is 0 Å². The Balaban J connectivity index is 2.07. The van der Waals surface area contributed by atoms with Crippen molar-refractivity contribution in [1.29, 1.82) is 0 Å². The number of hydrogen-bond donors (Lipinski definition) is 1. The summed E-state index contributed by atoms with van der Waals surface area (Å²) in [5.41, 5.74) is 7.61.